The number of ether oxygens (including phenoxy) is 1. The van der Waals surface area contributed by atoms with Gasteiger partial charge in [0.15, 0.2) is 0 Å². The first-order chi connectivity index (χ1) is 8.40. The molecule has 1 aromatic heterocycles. The Kier molecular flexibility index (Phi) is 4.24. The van der Waals surface area contributed by atoms with Crippen molar-refractivity contribution in [3.8, 4) is 0 Å². The molecule has 0 amide bonds. The fourth-order valence-corrected chi connectivity index (χ4v) is 1.65. The summed E-state index contributed by atoms with van der Waals surface area (Å²) in [5, 5.41) is 0. The first-order valence-corrected chi connectivity index (χ1v) is 5.65. The second kappa shape index (κ2) is 6.13. The third-order valence-corrected chi connectivity index (χ3v) is 2.59. The van der Waals surface area contributed by atoms with Crippen molar-refractivity contribution in [3.05, 3.63) is 66.0 Å². The van der Waals surface area contributed by atoms with Crippen LogP contribution in [0.25, 0.3) is 0 Å². The largest absolute Gasteiger partial charge is 0.368 e. The van der Waals surface area contributed by atoms with E-state index in [4.69, 9.17) is 10.5 Å². The van der Waals surface area contributed by atoms with Crippen molar-refractivity contribution in [2.45, 2.75) is 12.7 Å². The van der Waals surface area contributed by atoms with Crippen LogP contribution in [0.5, 0.6) is 0 Å². The maximum absolute atomic E-state index is 5.81. The molecule has 3 nitrogen and oxygen atoms in total. The summed E-state index contributed by atoms with van der Waals surface area (Å²) in [7, 11) is 0. The minimum atomic E-state index is -0.0711. The summed E-state index contributed by atoms with van der Waals surface area (Å²) < 4.78 is 5.81. The standard InChI is InChI=1S/C14H16N2O/c15-10-14(13-6-8-16-9-7-13)17-11-12-4-2-1-3-5-12/h1-9,14H,10-11,15H2. The molecule has 88 valence electrons. The first-order valence-electron chi connectivity index (χ1n) is 5.65. The Morgan fingerprint density at radius 1 is 1.06 bits per heavy atom. The summed E-state index contributed by atoms with van der Waals surface area (Å²) in [6, 6.07) is 13.9. The zero-order chi connectivity index (χ0) is 11.9. The quantitative estimate of drug-likeness (QED) is 0.854. The lowest BCUT2D eigenvalue weighted by molar-refractivity contribution is 0.0456. The van der Waals surface area contributed by atoms with Gasteiger partial charge >= 0.3 is 0 Å². The molecule has 1 unspecified atom stereocenters. The number of benzene rings is 1. The zero-order valence-electron chi connectivity index (χ0n) is 9.62. The predicted molar refractivity (Wildman–Crippen MR) is 67.3 cm³/mol. The van der Waals surface area contributed by atoms with Crippen molar-refractivity contribution < 1.29 is 4.74 Å². The molecule has 3 heteroatoms. The maximum atomic E-state index is 5.81. The number of aromatic nitrogens is 1. The summed E-state index contributed by atoms with van der Waals surface area (Å²) >= 11 is 0. The molecule has 2 aromatic rings. The average molecular weight is 228 g/mol. The van der Waals surface area contributed by atoms with Crippen molar-refractivity contribution in [2.75, 3.05) is 6.54 Å². The second-order valence-electron chi connectivity index (χ2n) is 3.80. The van der Waals surface area contributed by atoms with Crippen molar-refractivity contribution in [3.63, 3.8) is 0 Å². The van der Waals surface area contributed by atoms with Gasteiger partial charge in [-0.1, -0.05) is 30.3 Å². The van der Waals surface area contributed by atoms with Gasteiger partial charge in [-0.15, -0.1) is 0 Å². The van der Waals surface area contributed by atoms with Crippen LogP contribution in [0.2, 0.25) is 0 Å². The van der Waals surface area contributed by atoms with Crippen LogP contribution >= 0.6 is 0 Å². The maximum Gasteiger partial charge on any atom is 0.0952 e. The molecule has 0 aliphatic rings. The third-order valence-electron chi connectivity index (χ3n) is 2.59. The van der Waals surface area contributed by atoms with Gasteiger partial charge in [0.05, 0.1) is 12.7 Å². The Hall–Kier alpha value is -1.71. The van der Waals surface area contributed by atoms with Gasteiger partial charge in [0.25, 0.3) is 0 Å². The van der Waals surface area contributed by atoms with E-state index in [2.05, 4.69) is 4.98 Å². The molecule has 2 rings (SSSR count). The van der Waals surface area contributed by atoms with Crippen LogP contribution in [0.15, 0.2) is 54.9 Å². The van der Waals surface area contributed by atoms with Crippen LogP contribution in [0.4, 0.5) is 0 Å². The van der Waals surface area contributed by atoms with Gasteiger partial charge in [0, 0.05) is 18.9 Å². The molecule has 2 N–H and O–H groups in total. The SMILES string of the molecule is NCC(OCc1ccccc1)c1ccncc1. The van der Waals surface area contributed by atoms with Gasteiger partial charge in [-0.3, -0.25) is 4.98 Å². The number of pyridine rings is 1. The van der Waals surface area contributed by atoms with Crippen LogP contribution in [-0.2, 0) is 11.3 Å². The summed E-state index contributed by atoms with van der Waals surface area (Å²) in [6.45, 7) is 1.04. The monoisotopic (exact) mass is 228 g/mol. The highest BCUT2D eigenvalue weighted by Gasteiger charge is 2.09. The summed E-state index contributed by atoms with van der Waals surface area (Å²) in [6.07, 6.45) is 3.44. The lowest BCUT2D eigenvalue weighted by Crippen LogP contribution is -2.15. The van der Waals surface area contributed by atoms with Crippen molar-refractivity contribution in [1.29, 1.82) is 0 Å². The molecule has 1 atom stereocenters. The molecule has 1 aromatic carbocycles. The molecular weight excluding hydrogens is 212 g/mol. The van der Waals surface area contributed by atoms with Gasteiger partial charge in [-0.25, -0.2) is 0 Å². The fourth-order valence-electron chi connectivity index (χ4n) is 1.65. The van der Waals surface area contributed by atoms with Crippen molar-refractivity contribution >= 4 is 0 Å². The molecule has 0 radical (unpaired) electrons. The van der Waals surface area contributed by atoms with E-state index >= 15 is 0 Å². The Morgan fingerprint density at radius 2 is 1.76 bits per heavy atom. The van der Waals surface area contributed by atoms with Gasteiger partial charge in [0.1, 0.15) is 0 Å². The summed E-state index contributed by atoms with van der Waals surface area (Å²) in [5.41, 5.74) is 7.94. The third kappa shape index (κ3) is 3.37. The average Bonchev–Trinajstić information content (AvgIpc) is 2.42. The zero-order valence-corrected chi connectivity index (χ0v) is 9.62. The Bertz CT molecular complexity index is 430. The van der Waals surface area contributed by atoms with E-state index in [9.17, 15) is 0 Å². The van der Waals surface area contributed by atoms with Crippen LogP contribution in [0.1, 0.15) is 17.2 Å². The smallest absolute Gasteiger partial charge is 0.0952 e. The molecule has 17 heavy (non-hydrogen) atoms. The first kappa shape index (κ1) is 11.8. The molecular formula is C14H16N2O. The topological polar surface area (TPSA) is 48.1 Å². The highest BCUT2D eigenvalue weighted by Crippen LogP contribution is 2.16. The molecule has 0 aliphatic carbocycles. The van der Waals surface area contributed by atoms with Crippen LogP contribution in [-0.4, -0.2) is 11.5 Å². The minimum Gasteiger partial charge on any atom is -0.368 e. The van der Waals surface area contributed by atoms with E-state index in [-0.39, 0.29) is 6.10 Å². The van der Waals surface area contributed by atoms with Gasteiger partial charge in [-0.2, -0.15) is 0 Å². The molecule has 0 saturated heterocycles. The number of rotatable bonds is 5. The lowest BCUT2D eigenvalue weighted by Gasteiger charge is -2.16. The van der Waals surface area contributed by atoms with Crippen LogP contribution < -0.4 is 5.73 Å². The highest BCUT2D eigenvalue weighted by atomic mass is 16.5. The van der Waals surface area contributed by atoms with Crippen molar-refractivity contribution in [2.24, 2.45) is 5.73 Å². The molecule has 0 saturated carbocycles. The van der Waals surface area contributed by atoms with E-state index < -0.39 is 0 Å². The second-order valence-corrected chi connectivity index (χ2v) is 3.80. The van der Waals surface area contributed by atoms with E-state index in [0.717, 1.165) is 11.1 Å². The van der Waals surface area contributed by atoms with E-state index in [1.54, 1.807) is 12.4 Å². The fraction of sp³-hybridized carbons (Fsp3) is 0.214. The molecule has 0 spiro atoms. The Balaban J connectivity index is 1.97. The normalized spacial score (nSPS) is 12.3. The Morgan fingerprint density at radius 3 is 2.41 bits per heavy atom. The highest BCUT2D eigenvalue weighted by molar-refractivity contribution is 5.15. The minimum absolute atomic E-state index is 0.0711. The number of nitrogens with zero attached hydrogens (tertiary/aromatic N) is 1. The number of hydrogen-bond donors (Lipinski definition) is 1. The van der Waals surface area contributed by atoms with E-state index in [1.165, 1.54) is 0 Å². The summed E-state index contributed by atoms with van der Waals surface area (Å²) in [4.78, 5) is 3.98. The lowest BCUT2D eigenvalue weighted by atomic mass is 10.1. The van der Waals surface area contributed by atoms with Gasteiger partial charge in [0.2, 0.25) is 0 Å². The van der Waals surface area contributed by atoms with Gasteiger partial charge in [-0.05, 0) is 23.3 Å². The molecule has 0 aliphatic heterocycles. The predicted octanol–water partition coefficient (Wildman–Crippen LogP) is 2.30. The van der Waals surface area contributed by atoms with E-state index in [1.807, 2.05) is 42.5 Å². The summed E-state index contributed by atoms with van der Waals surface area (Å²) in [5.74, 6) is 0. The van der Waals surface area contributed by atoms with E-state index in [0.29, 0.717) is 13.2 Å². The molecule has 1 heterocycles. The van der Waals surface area contributed by atoms with Crippen molar-refractivity contribution in [1.82, 2.24) is 4.98 Å². The van der Waals surface area contributed by atoms with Gasteiger partial charge < -0.3 is 10.5 Å². The number of hydrogen-bond acceptors (Lipinski definition) is 3. The number of nitrogens with two attached hydrogens (primary N) is 1. The Labute approximate surface area is 101 Å². The van der Waals surface area contributed by atoms with Crippen LogP contribution in [0.3, 0.4) is 0 Å². The molecule has 0 bridgehead atoms. The molecule has 0 fully saturated rings. The van der Waals surface area contributed by atoms with Crippen LogP contribution in [0, 0.1) is 0 Å².